The van der Waals surface area contributed by atoms with Gasteiger partial charge in [0.1, 0.15) is 46.2 Å². The van der Waals surface area contributed by atoms with Crippen molar-refractivity contribution in [3.8, 4) is 33.8 Å². The maximum absolute atomic E-state index is 15.9. The average molecular weight is 1250 g/mol. The third kappa shape index (κ3) is 11.1. The lowest BCUT2D eigenvalue weighted by atomic mass is 9.97. The van der Waals surface area contributed by atoms with Crippen LogP contribution < -0.4 is 9.47 Å². The van der Waals surface area contributed by atoms with Gasteiger partial charge < -0.3 is 28.8 Å². The summed E-state index contributed by atoms with van der Waals surface area (Å²) in [4.78, 5) is 25.6. The highest BCUT2D eigenvalue weighted by Gasteiger charge is 2.34. The van der Waals surface area contributed by atoms with E-state index in [0.29, 0.717) is 126 Å². The minimum atomic E-state index is -3.69. The molecule has 0 bridgehead atoms. The summed E-state index contributed by atoms with van der Waals surface area (Å²) in [5, 5.41) is 33.3. The Morgan fingerprint density at radius 2 is 0.864 bits per heavy atom. The first-order valence-corrected chi connectivity index (χ1v) is 31.9. The van der Waals surface area contributed by atoms with E-state index in [1.165, 1.54) is 47.0 Å². The van der Waals surface area contributed by atoms with Crippen LogP contribution in [-0.4, -0.2) is 115 Å². The number of fused-ring (bicyclic) bond motifs is 6. The molecule has 0 aliphatic carbocycles. The van der Waals surface area contributed by atoms with Crippen molar-refractivity contribution in [3.05, 3.63) is 166 Å². The fraction of sp³-hybridized carbons (Fsp3) is 0.312. The number of sulfonamides is 2. The Hall–Kier alpha value is -8.58. The molecule has 0 atom stereocenters. The highest BCUT2D eigenvalue weighted by atomic mass is 32.2. The second-order valence-electron chi connectivity index (χ2n) is 22.2. The van der Waals surface area contributed by atoms with Gasteiger partial charge in [-0.15, -0.1) is 0 Å². The predicted octanol–water partition coefficient (Wildman–Crippen LogP) is 11.3. The molecule has 0 saturated carbocycles. The maximum atomic E-state index is 15.9. The molecule has 2 N–H and O–H groups in total. The smallest absolute Gasteiger partial charge is 0.352 e. The number of hydrogen-bond acceptors (Lipinski definition) is 10. The van der Waals surface area contributed by atoms with Crippen LogP contribution in [0.3, 0.4) is 0 Å². The van der Waals surface area contributed by atoms with Crippen molar-refractivity contribution < 1.29 is 63.7 Å². The van der Waals surface area contributed by atoms with Crippen molar-refractivity contribution in [2.75, 3.05) is 38.8 Å². The average Bonchev–Trinajstić information content (AvgIpc) is 1.64. The zero-order chi connectivity index (χ0) is 62.7. The summed E-state index contributed by atoms with van der Waals surface area (Å²) in [7, 11) is -1.03. The molecular formula is C64H64F4N8O10S2. The second kappa shape index (κ2) is 24.2. The van der Waals surface area contributed by atoms with E-state index < -0.39 is 43.6 Å². The third-order valence-electron chi connectivity index (χ3n) is 16.9. The number of nitrogens with zero attached hydrogens (tertiary/aromatic N) is 8. The van der Waals surface area contributed by atoms with E-state index in [2.05, 4.69) is 10.2 Å². The fourth-order valence-electron chi connectivity index (χ4n) is 12.5. The van der Waals surface area contributed by atoms with Gasteiger partial charge in [-0.05, 0) is 112 Å². The minimum Gasteiger partial charge on any atom is -0.493 e. The van der Waals surface area contributed by atoms with Gasteiger partial charge in [-0.25, -0.2) is 44.0 Å². The molecule has 0 radical (unpaired) electrons. The fourth-order valence-corrected chi connectivity index (χ4v) is 14.7. The largest absolute Gasteiger partial charge is 0.493 e. The highest BCUT2D eigenvalue weighted by Crippen LogP contribution is 2.43. The Balaban J connectivity index is 0.000000182. The number of aromatic carboxylic acids is 2. The molecular weight excluding hydrogens is 1180 g/mol. The Morgan fingerprint density at radius 3 is 1.24 bits per heavy atom. The molecule has 0 amide bonds. The first-order chi connectivity index (χ1) is 42.0. The second-order valence-corrected chi connectivity index (χ2v) is 26.6. The molecule has 6 aromatic carbocycles. The number of aryl methyl sites for hydroxylation is 6. The molecule has 18 nitrogen and oxygen atoms in total. The van der Waals surface area contributed by atoms with E-state index in [4.69, 9.17) is 9.47 Å². The zero-order valence-electron chi connectivity index (χ0n) is 49.2. The molecule has 0 spiro atoms. The molecule has 2 aliphatic rings. The summed E-state index contributed by atoms with van der Waals surface area (Å²) in [5.41, 5.74) is 5.17. The first-order valence-electron chi connectivity index (χ1n) is 28.7. The molecule has 2 aliphatic heterocycles. The van der Waals surface area contributed by atoms with Crippen molar-refractivity contribution >= 4 is 75.3 Å². The number of rotatable bonds is 12. The van der Waals surface area contributed by atoms with Gasteiger partial charge in [-0.2, -0.15) is 18.8 Å². The molecule has 10 aromatic rings. The summed E-state index contributed by atoms with van der Waals surface area (Å²) in [6, 6.07) is 25.7. The van der Waals surface area contributed by atoms with Gasteiger partial charge in [0.25, 0.3) is 0 Å². The van der Waals surface area contributed by atoms with Crippen molar-refractivity contribution in [1.82, 2.24) is 37.3 Å². The van der Waals surface area contributed by atoms with Crippen LogP contribution in [0.5, 0.6) is 11.5 Å². The predicted molar refractivity (Wildman–Crippen MR) is 327 cm³/mol. The number of ether oxygens (including phenoxy) is 2. The lowest BCUT2D eigenvalue weighted by Gasteiger charge is -2.16. The van der Waals surface area contributed by atoms with Crippen LogP contribution in [0.4, 0.5) is 17.6 Å². The van der Waals surface area contributed by atoms with Crippen molar-refractivity contribution in [3.63, 3.8) is 0 Å². The van der Waals surface area contributed by atoms with Crippen LogP contribution in [0.1, 0.15) is 80.6 Å². The van der Waals surface area contributed by atoms with Crippen molar-refractivity contribution in [1.29, 1.82) is 0 Å². The van der Waals surface area contributed by atoms with Gasteiger partial charge >= 0.3 is 11.9 Å². The van der Waals surface area contributed by atoms with Crippen LogP contribution in [0.2, 0.25) is 0 Å². The van der Waals surface area contributed by atoms with Crippen LogP contribution >= 0.6 is 0 Å². The number of carboxylic acids is 2. The molecule has 6 heterocycles. The van der Waals surface area contributed by atoms with Crippen molar-refractivity contribution in [2.24, 2.45) is 14.1 Å². The van der Waals surface area contributed by atoms with E-state index in [1.54, 1.807) is 119 Å². The Morgan fingerprint density at radius 1 is 0.500 bits per heavy atom. The molecule has 12 rings (SSSR count). The van der Waals surface area contributed by atoms with Gasteiger partial charge in [0.05, 0.1) is 60.2 Å². The maximum Gasteiger partial charge on any atom is 0.352 e. The number of carboxylic acid groups (broad SMARTS) is 2. The Kier molecular flexibility index (Phi) is 16.8. The molecule has 0 saturated heterocycles. The van der Waals surface area contributed by atoms with Gasteiger partial charge in [0.2, 0.25) is 20.0 Å². The Labute approximate surface area is 504 Å². The third-order valence-corrected chi connectivity index (χ3v) is 20.6. The number of benzene rings is 6. The van der Waals surface area contributed by atoms with E-state index in [9.17, 15) is 45.4 Å². The summed E-state index contributed by atoms with van der Waals surface area (Å²) in [6.07, 6.45) is 1.72. The van der Waals surface area contributed by atoms with Crippen LogP contribution in [0.15, 0.2) is 97.1 Å². The normalized spacial score (nSPS) is 15.3. The molecule has 460 valence electrons. The van der Waals surface area contributed by atoms with Crippen molar-refractivity contribution in [2.45, 2.75) is 78.6 Å². The lowest BCUT2D eigenvalue weighted by molar-refractivity contribution is 0.0673. The summed E-state index contributed by atoms with van der Waals surface area (Å²) < 4.78 is 133. The number of halogens is 4. The number of carbonyl (C=O) groups is 2. The minimum absolute atomic E-state index is 0.00725. The van der Waals surface area contributed by atoms with Gasteiger partial charge in [-0.1, -0.05) is 48.5 Å². The molecule has 88 heavy (non-hydrogen) atoms. The van der Waals surface area contributed by atoms with Gasteiger partial charge in [0, 0.05) is 107 Å². The number of aromatic nitrogens is 6. The summed E-state index contributed by atoms with van der Waals surface area (Å²) >= 11 is 0. The zero-order valence-corrected chi connectivity index (χ0v) is 50.8. The lowest BCUT2D eigenvalue weighted by Crippen LogP contribution is -2.29. The van der Waals surface area contributed by atoms with E-state index in [-0.39, 0.29) is 97.9 Å². The van der Waals surface area contributed by atoms with Crippen LogP contribution in [0.25, 0.3) is 65.6 Å². The highest BCUT2D eigenvalue weighted by molar-refractivity contribution is 7.89. The van der Waals surface area contributed by atoms with E-state index in [1.807, 2.05) is 0 Å². The SMILES string of the molecule is Cc1c2c(nn1C)CN(C)S(=O)(=O)CCCn1c(C(=O)O)c(CCCOc3ccc(F)c4ccccc34)c3ccc(F)c-2c31.Cc1c2c(nn1C)CN(C)S(=O)(=O)CCCn1c(C(=O)O)c(CCCOc3ccc(F)c4ccccc34)c3ccc(F)c-2c31. The summed E-state index contributed by atoms with van der Waals surface area (Å²) in [5.74, 6) is -3.54. The molecule has 0 unspecified atom stereocenters. The topological polar surface area (TPSA) is 213 Å². The molecule has 0 fully saturated rings. The Bertz CT molecular complexity index is 4400. The monoisotopic (exact) mass is 1240 g/mol. The van der Waals surface area contributed by atoms with E-state index in [0.717, 1.165) is 0 Å². The van der Waals surface area contributed by atoms with E-state index >= 15 is 8.78 Å². The number of hydrogen-bond donors (Lipinski definition) is 2. The molecule has 4 aromatic heterocycles. The first kappa shape index (κ1) is 61.1. The summed E-state index contributed by atoms with van der Waals surface area (Å²) in [6.45, 7) is 4.04. The van der Waals surface area contributed by atoms with Gasteiger partial charge in [0.15, 0.2) is 0 Å². The van der Waals surface area contributed by atoms with Crippen LogP contribution in [-0.2, 0) is 73.2 Å². The van der Waals surface area contributed by atoms with Crippen LogP contribution in [0, 0.1) is 37.1 Å². The standard InChI is InChI=1S/2C32H32F2N4O5S/c2*1-19-28-26(35-37(19)3)18-36(2)44(41,42)17-7-15-38-30-23(11-12-25(34)29(28)30)22(31(38)32(39)40)10-6-16-43-27-14-13-24(33)20-8-4-5-9-21(20)27/h2*4-5,8-9,11-14H,6-7,10,15-18H2,1-3H3,(H,39,40). The molecule has 24 heteroatoms. The quantitative estimate of drug-likeness (QED) is 0.0864. The van der Waals surface area contributed by atoms with Gasteiger partial charge in [-0.3, -0.25) is 9.36 Å².